The maximum Gasteiger partial charge on any atom is 0.416 e. The second kappa shape index (κ2) is 6.64. The number of alkyl halides is 3. The van der Waals surface area contributed by atoms with Crippen molar-refractivity contribution in [2.75, 3.05) is 0 Å². The van der Waals surface area contributed by atoms with Crippen molar-refractivity contribution >= 4 is 18.4 Å². The summed E-state index contributed by atoms with van der Waals surface area (Å²) in [6, 6.07) is 12.4. The minimum Gasteiger partial charge on any atom is -0.250 e. The third-order valence-electron chi connectivity index (χ3n) is 3.49. The Morgan fingerprint density at radius 2 is 1.88 bits per heavy atom. The number of aromatic nitrogens is 3. The fourth-order valence-corrected chi connectivity index (χ4v) is 2.43. The van der Waals surface area contributed by atoms with Gasteiger partial charge >= 0.3 is 6.18 Å². The smallest absolute Gasteiger partial charge is 0.250 e. The molecule has 2 aromatic carbocycles. The Bertz CT molecular complexity index is 969. The van der Waals surface area contributed by atoms with Crippen LogP contribution in [-0.4, -0.2) is 21.1 Å². The van der Waals surface area contributed by atoms with Crippen molar-refractivity contribution in [1.29, 1.82) is 0 Å². The fourth-order valence-electron chi connectivity index (χ4n) is 2.25. The van der Waals surface area contributed by atoms with Gasteiger partial charge in [0, 0.05) is 5.56 Å². The molecule has 0 spiro atoms. The van der Waals surface area contributed by atoms with E-state index in [1.165, 1.54) is 23.0 Å². The van der Waals surface area contributed by atoms with Gasteiger partial charge < -0.3 is 0 Å². The Morgan fingerprint density at radius 3 is 2.52 bits per heavy atom. The summed E-state index contributed by atoms with van der Waals surface area (Å²) in [6.45, 7) is 1.96. The molecule has 0 unspecified atom stereocenters. The highest BCUT2D eigenvalue weighted by Crippen LogP contribution is 2.28. The molecule has 128 valence electrons. The number of aromatic amines is 1. The molecule has 8 heteroatoms. The predicted molar refractivity (Wildman–Crippen MR) is 92.0 cm³/mol. The molecule has 0 aliphatic carbocycles. The van der Waals surface area contributed by atoms with Crippen molar-refractivity contribution in [3.63, 3.8) is 0 Å². The van der Waals surface area contributed by atoms with E-state index >= 15 is 0 Å². The van der Waals surface area contributed by atoms with Gasteiger partial charge in [-0.3, -0.25) is 0 Å². The molecule has 0 atom stereocenters. The Hall–Kier alpha value is -2.74. The van der Waals surface area contributed by atoms with Gasteiger partial charge in [0.1, 0.15) is 0 Å². The molecule has 0 fully saturated rings. The van der Waals surface area contributed by atoms with Gasteiger partial charge in [0.25, 0.3) is 0 Å². The molecule has 0 saturated carbocycles. The van der Waals surface area contributed by atoms with Gasteiger partial charge in [0.2, 0.25) is 4.77 Å². The lowest BCUT2D eigenvalue weighted by molar-refractivity contribution is -0.137. The zero-order valence-corrected chi connectivity index (χ0v) is 13.9. The van der Waals surface area contributed by atoms with Gasteiger partial charge in [0.05, 0.1) is 11.8 Å². The van der Waals surface area contributed by atoms with E-state index < -0.39 is 11.7 Å². The van der Waals surface area contributed by atoms with Crippen LogP contribution in [0.3, 0.4) is 0 Å². The SMILES string of the molecule is Cc1cccc(-c2n[nH]c(=S)n2N=Cc2ccc(C(F)(F)F)cc2)c1. The largest absolute Gasteiger partial charge is 0.416 e. The maximum atomic E-state index is 12.6. The Morgan fingerprint density at radius 1 is 1.16 bits per heavy atom. The van der Waals surface area contributed by atoms with Crippen molar-refractivity contribution in [3.8, 4) is 11.4 Å². The molecule has 25 heavy (non-hydrogen) atoms. The van der Waals surface area contributed by atoms with Crippen LogP contribution in [0.1, 0.15) is 16.7 Å². The van der Waals surface area contributed by atoms with Crippen LogP contribution in [0.4, 0.5) is 13.2 Å². The lowest BCUT2D eigenvalue weighted by atomic mass is 10.1. The van der Waals surface area contributed by atoms with Crippen LogP contribution in [0.2, 0.25) is 0 Å². The van der Waals surface area contributed by atoms with E-state index in [4.69, 9.17) is 12.2 Å². The number of hydrogen-bond donors (Lipinski definition) is 1. The summed E-state index contributed by atoms with van der Waals surface area (Å²) in [6.07, 6.45) is -2.92. The highest BCUT2D eigenvalue weighted by atomic mass is 32.1. The van der Waals surface area contributed by atoms with E-state index in [1.807, 2.05) is 31.2 Å². The van der Waals surface area contributed by atoms with Crippen molar-refractivity contribution in [2.45, 2.75) is 13.1 Å². The van der Waals surface area contributed by atoms with Gasteiger partial charge in [-0.05, 0) is 42.9 Å². The first-order valence-corrected chi connectivity index (χ1v) is 7.71. The Kier molecular flexibility index (Phi) is 4.54. The molecule has 0 aliphatic heterocycles. The second-order valence-electron chi connectivity index (χ2n) is 5.40. The zero-order valence-electron chi connectivity index (χ0n) is 13.1. The van der Waals surface area contributed by atoms with Crippen LogP contribution in [0.25, 0.3) is 11.4 Å². The summed E-state index contributed by atoms with van der Waals surface area (Å²) in [5.74, 6) is 0.525. The van der Waals surface area contributed by atoms with Crippen LogP contribution in [0.15, 0.2) is 53.6 Å². The lowest BCUT2D eigenvalue weighted by Crippen LogP contribution is -2.04. The summed E-state index contributed by atoms with van der Waals surface area (Å²) >= 11 is 5.17. The third kappa shape index (κ3) is 3.85. The quantitative estimate of drug-likeness (QED) is 0.536. The molecule has 1 heterocycles. The monoisotopic (exact) mass is 362 g/mol. The van der Waals surface area contributed by atoms with Crippen LogP contribution < -0.4 is 0 Å². The number of rotatable bonds is 3. The molecular weight excluding hydrogens is 349 g/mol. The molecule has 1 N–H and O–H groups in total. The first kappa shape index (κ1) is 17.1. The Balaban J connectivity index is 1.92. The first-order chi connectivity index (χ1) is 11.8. The average molecular weight is 362 g/mol. The van der Waals surface area contributed by atoms with E-state index in [0.29, 0.717) is 16.2 Å². The van der Waals surface area contributed by atoms with Crippen LogP contribution >= 0.6 is 12.2 Å². The van der Waals surface area contributed by atoms with Crippen LogP contribution in [0.5, 0.6) is 0 Å². The van der Waals surface area contributed by atoms with Gasteiger partial charge in [-0.2, -0.15) is 28.0 Å². The highest BCUT2D eigenvalue weighted by molar-refractivity contribution is 7.71. The fraction of sp³-hybridized carbons (Fsp3) is 0.118. The molecule has 3 aromatic rings. The highest BCUT2D eigenvalue weighted by Gasteiger charge is 2.29. The summed E-state index contributed by atoms with van der Waals surface area (Å²) in [5.41, 5.74) is 1.71. The molecule has 3 rings (SSSR count). The topological polar surface area (TPSA) is 46.0 Å². The zero-order chi connectivity index (χ0) is 18.0. The normalized spacial score (nSPS) is 12.0. The summed E-state index contributed by atoms with van der Waals surface area (Å²) in [4.78, 5) is 0. The van der Waals surface area contributed by atoms with E-state index in [2.05, 4.69) is 15.3 Å². The average Bonchev–Trinajstić information content (AvgIpc) is 2.93. The van der Waals surface area contributed by atoms with E-state index in [9.17, 15) is 13.2 Å². The molecular formula is C17H13F3N4S. The molecule has 4 nitrogen and oxygen atoms in total. The molecule has 1 aromatic heterocycles. The molecule has 0 radical (unpaired) electrons. The second-order valence-corrected chi connectivity index (χ2v) is 5.78. The number of benzene rings is 2. The van der Waals surface area contributed by atoms with Crippen LogP contribution in [0, 0.1) is 11.7 Å². The van der Waals surface area contributed by atoms with Crippen molar-refractivity contribution in [3.05, 3.63) is 70.0 Å². The van der Waals surface area contributed by atoms with E-state index in [1.54, 1.807) is 0 Å². The molecule has 0 saturated heterocycles. The van der Waals surface area contributed by atoms with Crippen molar-refractivity contribution in [1.82, 2.24) is 14.9 Å². The molecule has 0 aliphatic rings. The number of aryl methyl sites for hydroxylation is 1. The Labute approximate surface area is 146 Å². The number of nitrogens with one attached hydrogen (secondary N) is 1. The number of nitrogens with zero attached hydrogens (tertiary/aromatic N) is 3. The molecule has 0 amide bonds. The predicted octanol–water partition coefficient (Wildman–Crippen LogP) is 4.82. The van der Waals surface area contributed by atoms with Gasteiger partial charge in [-0.15, -0.1) is 0 Å². The standard InChI is InChI=1S/C17H13F3N4S/c1-11-3-2-4-13(9-11)15-22-23-16(25)24(15)21-10-12-5-7-14(8-6-12)17(18,19)20/h2-10H,1H3,(H,23,25). The number of halogens is 3. The van der Waals surface area contributed by atoms with Crippen molar-refractivity contribution < 1.29 is 13.2 Å². The molecule has 0 bridgehead atoms. The van der Waals surface area contributed by atoms with Gasteiger partial charge in [-0.1, -0.05) is 35.9 Å². The van der Waals surface area contributed by atoms with E-state index in [0.717, 1.165) is 23.3 Å². The minimum atomic E-state index is -4.36. The third-order valence-corrected chi connectivity index (χ3v) is 3.75. The van der Waals surface area contributed by atoms with E-state index in [-0.39, 0.29) is 0 Å². The number of H-pyrrole nitrogens is 1. The maximum absolute atomic E-state index is 12.6. The first-order valence-electron chi connectivity index (χ1n) is 7.31. The summed E-state index contributed by atoms with van der Waals surface area (Å²) in [7, 11) is 0. The minimum absolute atomic E-state index is 0.291. The lowest BCUT2D eigenvalue weighted by Gasteiger charge is -2.06. The number of hydrogen-bond acceptors (Lipinski definition) is 3. The van der Waals surface area contributed by atoms with Crippen molar-refractivity contribution in [2.24, 2.45) is 5.10 Å². The van der Waals surface area contributed by atoms with Crippen LogP contribution in [-0.2, 0) is 6.18 Å². The van der Waals surface area contributed by atoms with Gasteiger partial charge in [0.15, 0.2) is 5.82 Å². The summed E-state index contributed by atoms with van der Waals surface area (Å²) in [5, 5.41) is 11.1. The summed E-state index contributed by atoms with van der Waals surface area (Å²) < 4.78 is 39.5. The van der Waals surface area contributed by atoms with Gasteiger partial charge in [-0.25, -0.2) is 5.10 Å².